The molecule has 3 aromatic carbocycles. The molecule has 0 unspecified atom stereocenters. The van der Waals surface area contributed by atoms with Gasteiger partial charge in [-0.3, -0.25) is 0 Å². The molecule has 0 amide bonds. The van der Waals surface area contributed by atoms with Gasteiger partial charge in [-0.25, -0.2) is 4.98 Å². The molecule has 3 N–H and O–H groups in total. The van der Waals surface area contributed by atoms with Gasteiger partial charge in [0, 0.05) is 24.0 Å². The molecule has 0 aliphatic rings. The SMILES string of the molecule is CCN(CC)CCOc1ccc(Nc2ncc(-c3cccc(O)c3)c(Nc3ccccc3OC)n2)cc1. The molecule has 1 heterocycles. The molecule has 0 saturated heterocycles. The molecule has 8 heteroatoms. The van der Waals surface area contributed by atoms with Gasteiger partial charge in [0.05, 0.1) is 12.8 Å². The molecule has 4 rings (SSSR count). The van der Waals surface area contributed by atoms with E-state index in [0.29, 0.717) is 24.1 Å². The molecular weight excluding hydrogens is 466 g/mol. The maximum Gasteiger partial charge on any atom is 0.229 e. The van der Waals surface area contributed by atoms with Gasteiger partial charge in [0.25, 0.3) is 0 Å². The van der Waals surface area contributed by atoms with Crippen molar-refractivity contribution in [3.63, 3.8) is 0 Å². The van der Waals surface area contributed by atoms with Gasteiger partial charge < -0.3 is 30.1 Å². The summed E-state index contributed by atoms with van der Waals surface area (Å²) in [5, 5.41) is 16.6. The number of anilines is 4. The summed E-state index contributed by atoms with van der Waals surface area (Å²) < 4.78 is 11.4. The highest BCUT2D eigenvalue weighted by atomic mass is 16.5. The fraction of sp³-hybridized carbons (Fsp3) is 0.241. The minimum absolute atomic E-state index is 0.169. The summed E-state index contributed by atoms with van der Waals surface area (Å²) in [6, 6.07) is 22.4. The second-order valence-corrected chi connectivity index (χ2v) is 8.36. The number of nitrogens with one attached hydrogen (secondary N) is 2. The van der Waals surface area contributed by atoms with E-state index in [0.717, 1.165) is 47.9 Å². The maximum absolute atomic E-state index is 10.0. The molecule has 0 aliphatic carbocycles. The Balaban J connectivity index is 1.54. The molecule has 1 aromatic heterocycles. The van der Waals surface area contributed by atoms with Crippen molar-refractivity contribution in [2.45, 2.75) is 13.8 Å². The number of likely N-dealkylation sites (N-methyl/N-ethyl adjacent to an activating group) is 1. The number of benzene rings is 3. The van der Waals surface area contributed by atoms with Crippen molar-refractivity contribution in [2.75, 3.05) is 44.0 Å². The van der Waals surface area contributed by atoms with Gasteiger partial charge in [-0.05, 0) is 67.2 Å². The maximum atomic E-state index is 10.0. The number of nitrogens with zero attached hydrogens (tertiary/aromatic N) is 3. The van der Waals surface area contributed by atoms with Crippen LogP contribution in [0, 0.1) is 0 Å². The number of hydrogen-bond acceptors (Lipinski definition) is 8. The number of phenolic OH excluding ortho intramolecular Hbond substituents is 1. The van der Waals surface area contributed by atoms with Crippen LogP contribution in [-0.4, -0.2) is 53.3 Å². The van der Waals surface area contributed by atoms with Gasteiger partial charge in [0.2, 0.25) is 5.95 Å². The molecular formula is C29H33N5O3. The quantitative estimate of drug-likeness (QED) is 0.216. The summed E-state index contributed by atoms with van der Waals surface area (Å²) in [6.07, 6.45) is 1.73. The van der Waals surface area contributed by atoms with Crippen LogP contribution in [0.4, 0.5) is 23.1 Å². The van der Waals surface area contributed by atoms with E-state index >= 15 is 0 Å². The van der Waals surface area contributed by atoms with E-state index in [4.69, 9.17) is 14.5 Å². The Kier molecular flexibility index (Phi) is 8.78. The molecule has 0 atom stereocenters. The predicted molar refractivity (Wildman–Crippen MR) is 148 cm³/mol. The van der Waals surface area contributed by atoms with E-state index in [1.54, 1.807) is 31.5 Å². The van der Waals surface area contributed by atoms with Crippen LogP contribution in [0.5, 0.6) is 17.2 Å². The Morgan fingerprint density at radius 3 is 2.43 bits per heavy atom. The number of rotatable bonds is 12. The van der Waals surface area contributed by atoms with Crippen molar-refractivity contribution >= 4 is 23.1 Å². The predicted octanol–water partition coefficient (Wildman–Crippen LogP) is 6.07. The summed E-state index contributed by atoms with van der Waals surface area (Å²) in [7, 11) is 1.63. The number of para-hydroxylation sites is 2. The second kappa shape index (κ2) is 12.6. The van der Waals surface area contributed by atoms with E-state index in [1.165, 1.54) is 0 Å². The largest absolute Gasteiger partial charge is 0.508 e. The lowest BCUT2D eigenvalue weighted by Crippen LogP contribution is -2.27. The van der Waals surface area contributed by atoms with E-state index in [-0.39, 0.29) is 5.75 Å². The molecule has 0 radical (unpaired) electrons. The molecule has 8 nitrogen and oxygen atoms in total. The average Bonchev–Trinajstić information content (AvgIpc) is 2.92. The van der Waals surface area contributed by atoms with Gasteiger partial charge in [0.1, 0.15) is 29.7 Å². The van der Waals surface area contributed by atoms with Crippen LogP contribution in [0.3, 0.4) is 0 Å². The third kappa shape index (κ3) is 6.89. The minimum atomic E-state index is 0.169. The molecule has 0 spiro atoms. The summed E-state index contributed by atoms with van der Waals surface area (Å²) in [6.45, 7) is 7.88. The average molecular weight is 500 g/mol. The zero-order chi connectivity index (χ0) is 26.0. The van der Waals surface area contributed by atoms with Crippen LogP contribution < -0.4 is 20.1 Å². The lowest BCUT2D eigenvalue weighted by atomic mass is 10.1. The number of ether oxygens (including phenoxy) is 2. The first-order valence-electron chi connectivity index (χ1n) is 12.4. The molecule has 0 saturated carbocycles. The van der Waals surface area contributed by atoms with Gasteiger partial charge in [-0.2, -0.15) is 4.98 Å². The van der Waals surface area contributed by atoms with Crippen molar-refractivity contribution in [1.29, 1.82) is 0 Å². The fourth-order valence-electron chi connectivity index (χ4n) is 3.89. The Bertz CT molecular complexity index is 1290. The highest BCUT2D eigenvalue weighted by Gasteiger charge is 2.13. The number of methoxy groups -OCH3 is 1. The number of aromatic hydroxyl groups is 1. The van der Waals surface area contributed by atoms with E-state index < -0.39 is 0 Å². The topological polar surface area (TPSA) is 91.8 Å². The van der Waals surface area contributed by atoms with Gasteiger partial charge in [-0.1, -0.05) is 38.1 Å². The van der Waals surface area contributed by atoms with Crippen molar-refractivity contribution in [2.24, 2.45) is 0 Å². The monoisotopic (exact) mass is 499 g/mol. The van der Waals surface area contributed by atoms with E-state index in [9.17, 15) is 5.11 Å². The first kappa shape index (κ1) is 25.8. The van der Waals surface area contributed by atoms with Crippen LogP contribution in [-0.2, 0) is 0 Å². The Morgan fingerprint density at radius 1 is 0.919 bits per heavy atom. The number of phenols is 1. The van der Waals surface area contributed by atoms with Crippen LogP contribution in [0.1, 0.15) is 13.8 Å². The van der Waals surface area contributed by atoms with Gasteiger partial charge in [-0.15, -0.1) is 0 Å². The van der Waals surface area contributed by atoms with Gasteiger partial charge >= 0.3 is 0 Å². The van der Waals surface area contributed by atoms with Crippen molar-refractivity contribution in [1.82, 2.24) is 14.9 Å². The lowest BCUT2D eigenvalue weighted by molar-refractivity contribution is 0.223. The highest BCUT2D eigenvalue weighted by Crippen LogP contribution is 2.34. The Hall–Kier alpha value is -4.30. The fourth-order valence-corrected chi connectivity index (χ4v) is 3.89. The third-order valence-corrected chi connectivity index (χ3v) is 5.99. The molecule has 4 aromatic rings. The van der Waals surface area contributed by atoms with E-state index in [2.05, 4.69) is 34.4 Å². The molecule has 192 valence electrons. The Labute approximate surface area is 217 Å². The lowest BCUT2D eigenvalue weighted by Gasteiger charge is -2.18. The van der Waals surface area contributed by atoms with Crippen LogP contribution in [0.2, 0.25) is 0 Å². The molecule has 0 bridgehead atoms. The first-order chi connectivity index (χ1) is 18.1. The van der Waals surface area contributed by atoms with Gasteiger partial charge in [0.15, 0.2) is 0 Å². The van der Waals surface area contributed by atoms with Crippen molar-refractivity contribution in [3.8, 4) is 28.4 Å². The normalized spacial score (nSPS) is 10.8. The van der Waals surface area contributed by atoms with E-state index in [1.807, 2.05) is 54.6 Å². The highest BCUT2D eigenvalue weighted by molar-refractivity contribution is 5.80. The third-order valence-electron chi connectivity index (χ3n) is 5.99. The summed E-state index contributed by atoms with van der Waals surface area (Å²) >= 11 is 0. The summed E-state index contributed by atoms with van der Waals surface area (Å²) in [4.78, 5) is 11.6. The molecule has 0 aliphatic heterocycles. The molecule has 0 fully saturated rings. The van der Waals surface area contributed by atoms with Crippen molar-refractivity contribution in [3.05, 3.63) is 79.0 Å². The summed E-state index contributed by atoms with van der Waals surface area (Å²) in [5.74, 6) is 2.67. The Morgan fingerprint density at radius 2 is 1.70 bits per heavy atom. The zero-order valence-corrected chi connectivity index (χ0v) is 21.4. The summed E-state index contributed by atoms with van der Waals surface area (Å²) in [5.41, 5.74) is 3.13. The standard InChI is InChI=1S/C29H33N5O3/c1-4-34(5-2)17-18-37-24-15-13-22(14-16-24)31-29-30-20-25(21-9-8-10-23(35)19-21)28(33-29)32-26-11-6-7-12-27(26)36-3/h6-16,19-20,35H,4-5,17-18H2,1-3H3,(H2,30,31,32,33). The van der Waals surface area contributed by atoms with Crippen LogP contribution in [0.15, 0.2) is 79.0 Å². The van der Waals surface area contributed by atoms with Crippen LogP contribution >= 0.6 is 0 Å². The second-order valence-electron chi connectivity index (χ2n) is 8.36. The van der Waals surface area contributed by atoms with Crippen molar-refractivity contribution < 1.29 is 14.6 Å². The minimum Gasteiger partial charge on any atom is -0.508 e. The first-order valence-corrected chi connectivity index (χ1v) is 12.4. The smallest absolute Gasteiger partial charge is 0.229 e. The van der Waals surface area contributed by atoms with Crippen LogP contribution in [0.25, 0.3) is 11.1 Å². The number of hydrogen-bond donors (Lipinski definition) is 3. The number of aromatic nitrogens is 2. The molecule has 37 heavy (non-hydrogen) atoms. The zero-order valence-electron chi connectivity index (χ0n) is 21.4.